The Balaban J connectivity index is 2.26. The molecule has 33 heavy (non-hydrogen) atoms. The second-order valence-corrected chi connectivity index (χ2v) is 18.7. The van der Waals surface area contributed by atoms with Crippen molar-refractivity contribution in [1.29, 1.82) is 0 Å². The lowest BCUT2D eigenvalue weighted by atomic mass is 10.2. The molecule has 0 bridgehead atoms. The van der Waals surface area contributed by atoms with Gasteiger partial charge in [0.1, 0.15) is 28.8 Å². The molecule has 0 aliphatic heterocycles. The minimum Gasteiger partial charge on any atom is -0.547 e. The van der Waals surface area contributed by atoms with Crippen molar-refractivity contribution >= 4 is 31.5 Å². The van der Waals surface area contributed by atoms with Crippen LogP contribution in [0.15, 0.2) is 103 Å². The summed E-state index contributed by atoms with van der Waals surface area (Å²) in [5.41, 5.74) is 0.342. The van der Waals surface area contributed by atoms with Crippen LogP contribution < -0.4 is 15.9 Å². The van der Waals surface area contributed by atoms with Gasteiger partial charge in [0.25, 0.3) is 0 Å². The average Bonchev–Trinajstić information content (AvgIpc) is 2.80. The van der Waals surface area contributed by atoms with Crippen LogP contribution in [-0.2, 0) is 4.43 Å². The molecule has 3 heteroatoms. The maximum Gasteiger partial charge on any atom is 0.250 e. The highest BCUT2D eigenvalue weighted by molar-refractivity contribution is 7.96. The van der Waals surface area contributed by atoms with E-state index in [0.717, 1.165) is 12.2 Å². The molecular weight excluding hydrogens is 435 g/mol. The van der Waals surface area contributed by atoms with Crippen LogP contribution in [0.1, 0.15) is 41.0 Å². The van der Waals surface area contributed by atoms with Gasteiger partial charge in [0.15, 0.2) is 0 Å². The summed E-state index contributed by atoms with van der Waals surface area (Å²) in [6, 6.07) is 33.4. The quantitative estimate of drug-likeness (QED) is 0.184. The van der Waals surface area contributed by atoms with Crippen LogP contribution >= 0.6 is 7.26 Å². The molecule has 3 aromatic rings. The lowest BCUT2D eigenvalue weighted by Gasteiger charge is -2.38. The van der Waals surface area contributed by atoms with Crippen molar-refractivity contribution in [3.8, 4) is 0 Å². The van der Waals surface area contributed by atoms with Crippen molar-refractivity contribution in [3.05, 3.63) is 103 Å². The Morgan fingerprint density at radius 2 is 1.15 bits per heavy atom. The average molecular weight is 476 g/mol. The fourth-order valence-corrected chi connectivity index (χ4v) is 10.5. The van der Waals surface area contributed by atoms with Gasteiger partial charge in [-0.05, 0) is 74.0 Å². The van der Waals surface area contributed by atoms with Gasteiger partial charge >= 0.3 is 0 Å². The van der Waals surface area contributed by atoms with Crippen molar-refractivity contribution in [3.63, 3.8) is 0 Å². The first-order valence-electron chi connectivity index (χ1n) is 12.1. The molecule has 0 saturated heterocycles. The van der Waals surface area contributed by atoms with Gasteiger partial charge in [-0.3, -0.25) is 0 Å². The molecule has 1 nitrogen and oxygen atoms in total. The van der Waals surface area contributed by atoms with E-state index in [1.165, 1.54) is 15.9 Å². The number of benzene rings is 3. The van der Waals surface area contributed by atoms with Gasteiger partial charge in [-0.1, -0.05) is 82.3 Å². The third-order valence-corrected chi connectivity index (χ3v) is 16.3. The van der Waals surface area contributed by atoms with Crippen LogP contribution in [0.4, 0.5) is 0 Å². The van der Waals surface area contributed by atoms with E-state index in [0.29, 0.717) is 5.66 Å². The molecule has 0 amide bonds. The molecule has 0 radical (unpaired) electrons. The summed E-state index contributed by atoms with van der Waals surface area (Å²) in [6.07, 6.45) is 3.49. The summed E-state index contributed by atoms with van der Waals surface area (Å²) in [5.74, 6) is 1.07. The topological polar surface area (TPSA) is 9.23 Å². The molecule has 3 aromatic carbocycles. The number of rotatable bonds is 8. The van der Waals surface area contributed by atoms with Crippen LogP contribution in [0.5, 0.6) is 0 Å². The van der Waals surface area contributed by atoms with E-state index in [9.17, 15) is 0 Å². The third-order valence-electron chi connectivity index (χ3n) is 7.06. The van der Waals surface area contributed by atoms with Gasteiger partial charge in [-0.25, -0.2) is 0 Å². The van der Waals surface area contributed by atoms with Gasteiger partial charge in [0, 0.05) is 0 Å². The van der Waals surface area contributed by atoms with Crippen LogP contribution in [0.2, 0.25) is 18.1 Å². The maximum absolute atomic E-state index is 6.76. The second kappa shape index (κ2) is 10.4. The second-order valence-electron chi connectivity index (χ2n) is 10.3. The van der Waals surface area contributed by atoms with Gasteiger partial charge in [0.2, 0.25) is 8.32 Å². The summed E-state index contributed by atoms with van der Waals surface area (Å²) in [6.45, 7) is 16.1. The van der Waals surface area contributed by atoms with Crippen LogP contribution in [-0.4, -0.2) is 14.0 Å². The van der Waals surface area contributed by atoms with Crippen molar-refractivity contribution < 1.29 is 4.43 Å². The molecule has 0 aromatic heterocycles. The molecule has 0 fully saturated rings. The largest absolute Gasteiger partial charge is 0.547 e. The number of allylic oxidation sites excluding steroid dienone is 2. The zero-order valence-electron chi connectivity index (χ0n) is 21.4. The van der Waals surface area contributed by atoms with Crippen LogP contribution in [0.25, 0.3) is 0 Å². The SMILES string of the molecule is CCC(/C=C(\C)O[Si](C)(C)C(C)(C)C)[P+](c1ccccc1)(c1ccccc1)c1ccccc1. The Labute approximate surface area is 203 Å². The van der Waals surface area contributed by atoms with Gasteiger partial charge in [-0.2, -0.15) is 0 Å². The lowest BCUT2D eigenvalue weighted by Crippen LogP contribution is -2.41. The van der Waals surface area contributed by atoms with E-state index in [1.54, 1.807) is 0 Å². The summed E-state index contributed by atoms with van der Waals surface area (Å²) in [7, 11) is -3.86. The highest BCUT2D eigenvalue weighted by atomic mass is 31.2. The molecule has 0 heterocycles. The molecule has 0 N–H and O–H groups in total. The standard InChI is InChI=1S/C30H40OPSi/c1-8-26(24-25(2)31-33(6,7)30(3,4)5)32(27-18-12-9-13-19-27,28-20-14-10-15-21-28)29-22-16-11-17-23-29/h9-24,26H,8H2,1-7H3/q+1/b25-24+. The maximum atomic E-state index is 6.76. The van der Waals surface area contributed by atoms with E-state index >= 15 is 0 Å². The van der Waals surface area contributed by atoms with Gasteiger partial charge in [-0.15, -0.1) is 0 Å². The summed E-state index contributed by atoms with van der Waals surface area (Å²) >= 11 is 0. The smallest absolute Gasteiger partial charge is 0.250 e. The monoisotopic (exact) mass is 475 g/mol. The van der Waals surface area contributed by atoms with Crippen molar-refractivity contribution in [2.45, 2.75) is 64.8 Å². The Bertz CT molecular complexity index is 940. The first-order valence-corrected chi connectivity index (χ1v) is 16.8. The van der Waals surface area contributed by atoms with Crippen LogP contribution in [0, 0.1) is 0 Å². The number of hydrogen-bond donors (Lipinski definition) is 0. The summed E-state index contributed by atoms with van der Waals surface area (Å²) < 4.78 is 6.76. The zero-order chi connectivity index (χ0) is 24.1. The zero-order valence-corrected chi connectivity index (χ0v) is 23.3. The highest BCUT2D eigenvalue weighted by Gasteiger charge is 2.51. The van der Waals surface area contributed by atoms with Gasteiger partial charge < -0.3 is 4.43 Å². The lowest BCUT2D eigenvalue weighted by molar-refractivity contribution is 0.384. The normalized spacial score (nSPS) is 14.1. The van der Waals surface area contributed by atoms with E-state index in [2.05, 4.69) is 145 Å². The Hall–Kier alpha value is -2.15. The Kier molecular flexibility index (Phi) is 8.03. The Morgan fingerprint density at radius 1 is 0.788 bits per heavy atom. The van der Waals surface area contributed by atoms with Crippen LogP contribution in [0.3, 0.4) is 0 Å². The third kappa shape index (κ3) is 5.34. The minimum atomic E-state index is -1.96. The van der Waals surface area contributed by atoms with E-state index < -0.39 is 15.6 Å². The molecular formula is C30H40OPSi+. The first kappa shape index (κ1) is 25.5. The van der Waals surface area contributed by atoms with Crippen molar-refractivity contribution in [2.24, 2.45) is 0 Å². The van der Waals surface area contributed by atoms with E-state index in [1.807, 2.05) is 0 Å². The fourth-order valence-electron chi connectivity index (χ4n) is 4.38. The molecule has 0 saturated carbocycles. The molecule has 1 unspecified atom stereocenters. The number of hydrogen-bond acceptors (Lipinski definition) is 1. The molecule has 1 atom stereocenters. The molecule has 0 aliphatic rings. The highest BCUT2D eigenvalue weighted by Crippen LogP contribution is 2.61. The Morgan fingerprint density at radius 3 is 1.45 bits per heavy atom. The molecule has 0 aliphatic carbocycles. The van der Waals surface area contributed by atoms with E-state index in [4.69, 9.17) is 4.43 Å². The van der Waals surface area contributed by atoms with Gasteiger partial charge in [0.05, 0.1) is 5.76 Å². The predicted octanol–water partition coefficient (Wildman–Crippen LogP) is 7.68. The summed E-state index contributed by atoms with van der Waals surface area (Å²) in [4.78, 5) is 0. The van der Waals surface area contributed by atoms with Crippen molar-refractivity contribution in [2.75, 3.05) is 0 Å². The minimum absolute atomic E-state index is 0.175. The molecule has 3 rings (SSSR count). The molecule has 0 spiro atoms. The predicted molar refractivity (Wildman–Crippen MR) is 151 cm³/mol. The van der Waals surface area contributed by atoms with E-state index in [-0.39, 0.29) is 5.04 Å². The fraction of sp³-hybridized carbons (Fsp3) is 0.333. The molecule has 174 valence electrons. The first-order chi connectivity index (χ1) is 15.6. The summed E-state index contributed by atoms with van der Waals surface area (Å²) in [5, 5.41) is 4.44. The van der Waals surface area contributed by atoms with Crippen molar-refractivity contribution in [1.82, 2.24) is 0 Å².